The summed E-state index contributed by atoms with van der Waals surface area (Å²) in [7, 11) is 0. The molecule has 0 spiro atoms. The maximum Gasteiger partial charge on any atom is 0.335 e. The summed E-state index contributed by atoms with van der Waals surface area (Å²) in [4.78, 5) is 58.7. The number of benzene rings is 2. The molecule has 2 aromatic carbocycles. The number of carbonyl (C=O) groups excluding carboxylic acids is 2. The second-order valence-electron chi connectivity index (χ2n) is 9.95. The Bertz CT molecular complexity index is 1340. The van der Waals surface area contributed by atoms with Crippen molar-refractivity contribution in [2.45, 2.75) is 39.5 Å². The van der Waals surface area contributed by atoms with E-state index in [9.17, 15) is 19.2 Å². The number of nitrogens with one attached hydrogen (secondary N) is 1. The van der Waals surface area contributed by atoms with Crippen LogP contribution in [0.25, 0.3) is 10.9 Å². The Morgan fingerprint density at radius 1 is 1.06 bits per heavy atom. The van der Waals surface area contributed by atoms with Crippen molar-refractivity contribution in [3.8, 4) is 0 Å². The normalized spacial score (nSPS) is 14.7. The van der Waals surface area contributed by atoms with E-state index in [1.807, 2.05) is 19.9 Å². The summed E-state index contributed by atoms with van der Waals surface area (Å²) in [6, 6.07) is 13.3. The summed E-state index contributed by atoms with van der Waals surface area (Å²) >= 11 is 0. The molecule has 1 amide bonds. The van der Waals surface area contributed by atoms with Gasteiger partial charge in [-0.25, -0.2) is 9.78 Å². The van der Waals surface area contributed by atoms with Gasteiger partial charge in [0.1, 0.15) is 5.82 Å². The molecule has 4 rings (SSSR count). The van der Waals surface area contributed by atoms with Crippen LogP contribution in [0.4, 0.5) is 0 Å². The van der Waals surface area contributed by atoms with E-state index in [2.05, 4.69) is 9.97 Å². The quantitative estimate of drug-likeness (QED) is 0.503. The van der Waals surface area contributed by atoms with Crippen molar-refractivity contribution < 1.29 is 19.5 Å². The van der Waals surface area contributed by atoms with E-state index in [1.54, 1.807) is 35.2 Å². The highest BCUT2D eigenvalue weighted by Crippen LogP contribution is 2.28. The van der Waals surface area contributed by atoms with Gasteiger partial charge in [0, 0.05) is 37.4 Å². The third-order valence-corrected chi connectivity index (χ3v) is 6.55. The van der Waals surface area contributed by atoms with Crippen LogP contribution in [0.15, 0.2) is 53.3 Å². The van der Waals surface area contributed by atoms with Crippen LogP contribution in [-0.2, 0) is 11.2 Å². The number of H-pyrrole nitrogens is 1. The van der Waals surface area contributed by atoms with Crippen LogP contribution < -0.4 is 5.56 Å². The summed E-state index contributed by atoms with van der Waals surface area (Å²) in [5.41, 5.74) is 0.516. The third-order valence-electron chi connectivity index (χ3n) is 6.55. The number of para-hydroxylation sites is 1. The van der Waals surface area contributed by atoms with Gasteiger partial charge in [0.05, 0.1) is 16.5 Å². The first-order chi connectivity index (χ1) is 16.6. The fourth-order valence-corrected chi connectivity index (χ4v) is 4.69. The molecule has 0 atom stereocenters. The van der Waals surface area contributed by atoms with Crippen LogP contribution in [0.5, 0.6) is 0 Å². The van der Waals surface area contributed by atoms with Gasteiger partial charge in [-0.3, -0.25) is 14.4 Å². The van der Waals surface area contributed by atoms with Crippen LogP contribution in [0.2, 0.25) is 0 Å². The van der Waals surface area contributed by atoms with E-state index >= 15 is 0 Å². The summed E-state index contributed by atoms with van der Waals surface area (Å²) < 4.78 is 0. The van der Waals surface area contributed by atoms with Crippen LogP contribution >= 0.6 is 0 Å². The molecule has 0 aliphatic carbocycles. The molecular formula is C27H29N3O5. The number of nitrogens with zero attached hydrogens (tertiary/aromatic N) is 2. The maximum absolute atomic E-state index is 13.0. The number of carboxylic acids is 1. The number of ketones is 1. The number of rotatable bonds is 7. The Balaban J connectivity index is 1.35. The number of fused-ring (bicyclic) bond motifs is 1. The highest BCUT2D eigenvalue weighted by molar-refractivity contribution is 6.00. The van der Waals surface area contributed by atoms with Gasteiger partial charge in [0.15, 0.2) is 5.78 Å². The molecule has 1 aliphatic rings. The largest absolute Gasteiger partial charge is 0.478 e. The lowest BCUT2D eigenvalue weighted by atomic mass is 9.83. The van der Waals surface area contributed by atoms with Crippen LogP contribution in [0.1, 0.15) is 59.7 Å². The van der Waals surface area contributed by atoms with Gasteiger partial charge >= 0.3 is 5.97 Å². The summed E-state index contributed by atoms with van der Waals surface area (Å²) in [6.07, 6.45) is 1.83. The Labute approximate surface area is 203 Å². The minimum absolute atomic E-state index is 0.0110. The van der Waals surface area contributed by atoms with Crippen molar-refractivity contribution >= 4 is 28.6 Å². The first-order valence-electron chi connectivity index (χ1n) is 11.8. The molecule has 1 saturated heterocycles. The number of hydrogen-bond donors (Lipinski definition) is 2. The second-order valence-corrected chi connectivity index (χ2v) is 9.95. The minimum Gasteiger partial charge on any atom is -0.478 e. The number of aromatic nitrogens is 2. The Hall–Kier alpha value is -3.81. The highest BCUT2D eigenvalue weighted by atomic mass is 16.4. The average molecular weight is 476 g/mol. The predicted molar refractivity (Wildman–Crippen MR) is 132 cm³/mol. The van der Waals surface area contributed by atoms with E-state index in [1.165, 1.54) is 12.1 Å². The zero-order chi connectivity index (χ0) is 25.2. The Morgan fingerprint density at radius 2 is 1.74 bits per heavy atom. The lowest BCUT2D eigenvalue weighted by Gasteiger charge is -2.34. The van der Waals surface area contributed by atoms with Gasteiger partial charge in [-0.15, -0.1) is 0 Å². The smallest absolute Gasteiger partial charge is 0.335 e. The number of carbonyl (C=O) groups is 3. The fourth-order valence-electron chi connectivity index (χ4n) is 4.69. The molecular weight excluding hydrogens is 446 g/mol. The maximum atomic E-state index is 13.0. The first kappa shape index (κ1) is 24.3. The van der Waals surface area contributed by atoms with Crippen LogP contribution in [0, 0.1) is 11.3 Å². The van der Waals surface area contributed by atoms with Crippen molar-refractivity contribution in [1.82, 2.24) is 14.9 Å². The second kappa shape index (κ2) is 9.82. The van der Waals surface area contributed by atoms with Crippen molar-refractivity contribution in [3.05, 3.63) is 75.8 Å². The van der Waals surface area contributed by atoms with Gasteiger partial charge < -0.3 is 15.0 Å². The van der Waals surface area contributed by atoms with Crippen molar-refractivity contribution in [2.75, 3.05) is 13.1 Å². The van der Waals surface area contributed by atoms with Crippen molar-refractivity contribution in [2.24, 2.45) is 11.3 Å². The minimum atomic E-state index is -1.06. The number of piperidine rings is 1. The molecule has 1 aliphatic heterocycles. The molecule has 0 unspecified atom stereocenters. The molecule has 182 valence electrons. The Kier molecular flexibility index (Phi) is 6.82. The van der Waals surface area contributed by atoms with Crippen LogP contribution in [-0.4, -0.2) is 50.7 Å². The van der Waals surface area contributed by atoms with E-state index in [0.29, 0.717) is 61.1 Å². The number of amides is 1. The molecule has 0 bridgehead atoms. The summed E-state index contributed by atoms with van der Waals surface area (Å²) in [5.74, 6) is -0.809. The lowest BCUT2D eigenvalue weighted by molar-refractivity contribution is -0.134. The Morgan fingerprint density at radius 3 is 2.46 bits per heavy atom. The zero-order valence-corrected chi connectivity index (χ0v) is 19.9. The molecule has 3 aromatic rings. The predicted octanol–water partition coefficient (Wildman–Crippen LogP) is 3.70. The number of carboxylic acid groups (broad SMARTS) is 1. The molecule has 8 nitrogen and oxygen atoms in total. The van der Waals surface area contributed by atoms with Crippen molar-refractivity contribution in [1.29, 1.82) is 0 Å². The average Bonchev–Trinajstić information content (AvgIpc) is 2.83. The monoisotopic (exact) mass is 475 g/mol. The molecule has 2 heterocycles. The first-order valence-corrected chi connectivity index (χ1v) is 11.8. The topological polar surface area (TPSA) is 120 Å². The van der Waals surface area contributed by atoms with Gasteiger partial charge in [0.25, 0.3) is 5.56 Å². The molecule has 1 aromatic heterocycles. The molecule has 2 N–H and O–H groups in total. The van der Waals surface area contributed by atoms with Gasteiger partial charge in [-0.1, -0.05) is 38.1 Å². The SMILES string of the molecule is CC(C)(CC(=O)N1CCC(C(=O)c2cccc(C(=O)O)c2)CC1)Cc1nc2ccccc2c(=O)[nH]1. The van der Waals surface area contributed by atoms with E-state index in [-0.39, 0.29) is 28.7 Å². The number of aromatic carboxylic acids is 1. The van der Waals surface area contributed by atoms with Gasteiger partial charge in [-0.2, -0.15) is 0 Å². The highest BCUT2D eigenvalue weighted by Gasteiger charge is 2.31. The molecule has 35 heavy (non-hydrogen) atoms. The number of likely N-dealkylation sites (tertiary alicyclic amines) is 1. The number of Topliss-reactive ketones (excluding diaryl/α,β-unsaturated/α-hetero) is 1. The van der Waals surface area contributed by atoms with Crippen LogP contribution in [0.3, 0.4) is 0 Å². The summed E-state index contributed by atoms with van der Waals surface area (Å²) in [5, 5.41) is 9.71. The number of hydrogen-bond acceptors (Lipinski definition) is 5. The summed E-state index contributed by atoms with van der Waals surface area (Å²) in [6.45, 7) is 4.92. The standard InChI is InChI=1S/C27H29N3O5/c1-27(2,15-22-28-21-9-4-3-8-20(21)25(33)29-22)16-23(31)30-12-10-17(11-13-30)24(32)18-6-5-7-19(14-18)26(34)35/h3-9,14,17H,10-13,15-16H2,1-2H3,(H,34,35)(H,28,29,33). The number of aromatic amines is 1. The van der Waals surface area contributed by atoms with E-state index in [4.69, 9.17) is 5.11 Å². The third kappa shape index (κ3) is 5.65. The van der Waals surface area contributed by atoms with Crippen molar-refractivity contribution in [3.63, 3.8) is 0 Å². The molecule has 1 fully saturated rings. The molecule has 0 saturated carbocycles. The molecule has 8 heteroatoms. The molecule has 0 radical (unpaired) electrons. The van der Waals surface area contributed by atoms with Gasteiger partial charge in [0.2, 0.25) is 5.91 Å². The lowest BCUT2D eigenvalue weighted by Crippen LogP contribution is -2.42. The van der Waals surface area contributed by atoms with Gasteiger partial charge in [-0.05, 0) is 42.5 Å². The van der Waals surface area contributed by atoms with E-state index < -0.39 is 11.4 Å². The fraction of sp³-hybridized carbons (Fsp3) is 0.370. The zero-order valence-electron chi connectivity index (χ0n) is 19.9. The van der Waals surface area contributed by atoms with E-state index in [0.717, 1.165) is 0 Å².